The Morgan fingerprint density at radius 1 is 0.952 bits per heavy atom. The van der Waals surface area contributed by atoms with E-state index >= 15 is 0 Å². The standard InChI is InChI=1S/C17H31B.2CH3.Sn/c1-9-11-13-18(15(5)6,16(7)8)17(12-10-2)14(3)4;;;/h14-16H,9-10H2,1-8H3;2*1H3;/q-1;;;+1. The van der Waals surface area contributed by atoms with E-state index in [0.717, 1.165) is 6.42 Å². The van der Waals surface area contributed by atoms with Gasteiger partial charge >= 0.3 is 142 Å². The van der Waals surface area contributed by atoms with Gasteiger partial charge in [0.25, 0.3) is 0 Å². The first-order valence-electron chi connectivity index (χ1n) is 8.87. The molecule has 0 radical (unpaired) electrons. The summed E-state index contributed by atoms with van der Waals surface area (Å²) in [4.78, 5) is 5.08. The van der Waals surface area contributed by atoms with Crippen molar-refractivity contribution in [3.63, 3.8) is 0 Å². The van der Waals surface area contributed by atoms with Crippen LogP contribution in [0.4, 0.5) is 0 Å². The number of rotatable bonds is 6. The van der Waals surface area contributed by atoms with E-state index < -0.39 is 25.9 Å². The maximum absolute atomic E-state index is 3.82. The summed E-state index contributed by atoms with van der Waals surface area (Å²) < 4.78 is 1.85. The number of allylic oxidation sites excluding steroid dienone is 2. The van der Waals surface area contributed by atoms with Gasteiger partial charge in [0.2, 0.25) is 0 Å². The Kier molecular flexibility index (Phi) is 9.41. The SMILES string of the molecule is CCC#C[B-](/C(=[C](/CC)[Sn+]([CH3])[CH3])C(C)C)(C(C)C)C(C)C. The summed E-state index contributed by atoms with van der Waals surface area (Å²) in [5.41, 5.74) is 1.77. The van der Waals surface area contributed by atoms with E-state index in [0.29, 0.717) is 17.6 Å². The summed E-state index contributed by atoms with van der Waals surface area (Å²) in [5.74, 6) is 9.18. The molecule has 0 heterocycles. The predicted octanol–water partition coefficient (Wildman–Crippen LogP) is 6.40. The van der Waals surface area contributed by atoms with Crippen molar-refractivity contribution in [2.24, 2.45) is 5.92 Å². The van der Waals surface area contributed by atoms with E-state index in [1.807, 2.05) is 3.59 Å². The van der Waals surface area contributed by atoms with Crippen LogP contribution in [0.2, 0.25) is 21.5 Å². The monoisotopic (exact) mass is 396 g/mol. The van der Waals surface area contributed by atoms with Crippen LogP contribution in [0.15, 0.2) is 9.06 Å². The van der Waals surface area contributed by atoms with Crippen LogP contribution < -0.4 is 0 Å². The number of hydrogen-bond donors (Lipinski definition) is 0. The maximum atomic E-state index is 3.82. The summed E-state index contributed by atoms with van der Waals surface area (Å²) in [6.45, 7) is 18.9. The molecule has 0 aliphatic heterocycles. The van der Waals surface area contributed by atoms with Gasteiger partial charge in [-0.05, 0) is 0 Å². The molecule has 0 fully saturated rings. The van der Waals surface area contributed by atoms with E-state index in [4.69, 9.17) is 0 Å². The van der Waals surface area contributed by atoms with Gasteiger partial charge < -0.3 is 0 Å². The van der Waals surface area contributed by atoms with Gasteiger partial charge in [-0.2, -0.15) is 0 Å². The van der Waals surface area contributed by atoms with Crippen LogP contribution in [0.1, 0.15) is 68.2 Å². The topological polar surface area (TPSA) is 0 Å². The van der Waals surface area contributed by atoms with Crippen molar-refractivity contribution in [1.29, 1.82) is 0 Å². The van der Waals surface area contributed by atoms with Crippen molar-refractivity contribution in [2.45, 2.75) is 89.7 Å². The molecule has 0 bridgehead atoms. The third-order valence-corrected chi connectivity index (χ3v) is 10.3. The Balaban J connectivity index is 6.57. The minimum atomic E-state index is -1.37. The molecule has 0 aliphatic carbocycles. The second kappa shape index (κ2) is 9.34. The molecule has 0 aromatic heterocycles. The van der Waals surface area contributed by atoms with Gasteiger partial charge in [0.1, 0.15) is 0 Å². The van der Waals surface area contributed by atoms with E-state index in [2.05, 4.69) is 77.0 Å². The summed E-state index contributed by atoms with van der Waals surface area (Å²) in [6.07, 6.45) is 1.46. The van der Waals surface area contributed by atoms with Gasteiger partial charge in [0, 0.05) is 0 Å². The van der Waals surface area contributed by atoms with Crippen LogP contribution in [-0.4, -0.2) is 25.9 Å². The van der Waals surface area contributed by atoms with Gasteiger partial charge in [0.15, 0.2) is 0 Å². The van der Waals surface area contributed by atoms with Gasteiger partial charge in [-0.25, -0.2) is 0 Å². The molecule has 0 amide bonds. The Morgan fingerprint density at radius 2 is 1.43 bits per heavy atom. The molecular weight excluding hydrogens is 358 g/mol. The molecule has 0 rings (SSSR count). The van der Waals surface area contributed by atoms with Gasteiger partial charge in [0.05, 0.1) is 0 Å². The van der Waals surface area contributed by atoms with Crippen LogP contribution >= 0.6 is 0 Å². The second-order valence-electron chi connectivity index (χ2n) is 7.61. The zero-order chi connectivity index (χ0) is 16.8. The molecule has 0 aromatic carbocycles. The fourth-order valence-electron chi connectivity index (χ4n) is 4.20. The summed E-state index contributed by atoms with van der Waals surface area (Å²) in [5, 5.41) is 0. The normalized spacial score (nSPS) is 13.4. The first-order chi connectivity index (χ1) is 9.66. The molecule has 0 aliphatic rings. The molecule has 0 atom stereocenters. The molecule has 0 unspecified atom stereocenters. The molecule has 120 valence electrons. The van der Waals surface area contributed by atoms with Gasteiger partial charge in [-0.15, -0.1) is 0 Å². The van der Waals surface area contributed by atoms with Crippen LogP contribution in [0, 0.1) is 17.7 Å². The average molecular weight is 395 g/mol. The summed E-state index contributed by atoms with van der Waals surface area (Å²) in [7, 11) is 0. The van der Waals surface area contributed by atoms with Crippen molar-refractivity contribution in [3.05, 3.63) is 9.06 Å². The Morgan fingerprint density at radius 3 is 1.67 bits per heavy atom. The first-order valence-corrected chi connectivity index (χ1v) is 16.0. The van der Waals surface area contributed by atoms with Crippen LogP contribution in [0.25, 0.3) is 0 Å². The molecule has 0 saturated heterocycles. The minimum absolute atomic E-state index is 0.630. The fraction of sp³-hybridized carbons (Fsp3) is 0.789. The van der Waals surface area contributed by atoms with E-state index in [1.54, 1.807) is 5.47 Å². The summed E-state index contributed by atoms with van der Waals surface area (Å²) >= 11 is -1.37. The van der Waals surface area contributed by atoms with Crippen molar-refractivity contribution in [3.8, 4) is 11.7 Å². The van der Waals surface area contributed by atoms with Crippen molar-refractivity contribution >= 4 is 25.9 Å². The quantitative estimate of drug-likeness (QED) is 0.361. The molecule has 2 heteroatoms. The van der Waals surface area contributed by atoms with E-state index in [1.165, 1.54) is 6.42 Å². The van der Waals surface area contributed by atoms with E-state index in [9.17, 15) is 0 Å². The number of hydrogen-bond acceptors (Lipinski definition) is 0. The van der Waals surface area contributed by atoms with Crippen molar-refractivity contribution < 1.29 is 0 Å². The van der Waals surface area contributed by atoms with Gasteiger partial charge in [-0.3, -0.25) is 0 Å². The predicted molar refractivity (Wildman–Crippen MR) is 104 cm³/mol. The molecule has 0 spiro atoms. The van der Waals surface area contributed by atoms with Crippen molar-refractivity contribution in [2.75, 3.05) is 0 Å². The molecule has 21 heavy (non-hydrogen) atoms. The van der Waals surface area contributed by atoms with Gasteiger partial charge in [-0.1, -0.05) is 0 Å². The third-order valence-electron chi connectivity index (χ3n) is 5.06. The van der Waals surface area contributed by atoms with E-state index in [-0.39, 0.29) is 0 Å². The molecule has 0 nitrogen and oxygen atoms in total. The van der Waals surface area contributed by atoms with Crippen LogP contribution in [-0.2, 0) is 0 Å². The third kappa shape index (κ3) is 4.82. The zero-order valence-electron chi connectivity index (χ0n) is 16.2. The molecule has 0 aromatic rings. The molecular formula is C19H37BSn. The zero-order valence-corrected chi connectivity index (χ0v) is 19.1. The Bertz CT molecular complexity index is 397. The summed E-state index contributed by atoms with van der Waals surface area (Å²) in [6, 6.07) is 0. The second-order valence-corrected chi connectivity index (χ2v) is 15.0. The average Bonchev–Trinajstić information content (AvgIpc) is 2.36. The first kappa shape index (κ1) is 21.2. The molecule has 0 N–H and O–H groups in total. The van der Waals surface area contributed by atoms with Crippen LogP contribution in [0.5, 0.6) is 0 Å². The fourth-order valence-corrected chi connectivity index (χ4v) is 9.38. The van der Waals surface area contributed by atoms with Crippen molar-refractivity contribution in [1.82, 2.24) is 0 Å². The Labute approximate surface area is 142 Å². The van der Waals surface area contributed by atoms with Crippen LogP contribution in [0.3, 0.4) is 0 Å². The Hall–Kier alpha value is 0.164. The molecule has 0 saturated carbocycles.